The minimum absolute atomic E-state index is 0.0849. The van der Waals surface area contributed by atoms with Crippen molar-refractivity contribution in [3.63, 3.8) is 0 Å². The second-order valence-electron chi connectivity index (χ2n) is 9.22. The standard InChI is InChI=1S/C24H33N5O4/c1-26(2)23(32)17-9-10-18-20(15-17)29(24(33)19-7-3-4-14-28(18)19)16-21(30)25-11-6-13-27-12-5-8-22(27)31/h9-10,15,19H,3-8,11-14,16H2,1-2H3,(H,25,30)/t19-/m0/s1. The van der Waals surface area contributed by atoms with E-state index in [2.05, 4.69) is 10.2 Å². The van der Waals surface area contributed by atoms with Gasteiger partial charge in [0.05, 0.1) is 11.4 Å². The van der Waals surface area contributed by atoms with E-state index in [1.54, 1.807) is 26.2 Å². The summed E-state index contributed by atoms with van der Waals surface area (Å²) in [6.07, 6.45) is 4.95. The van der Waals surface area contributed by atoms with Gasteiger partial charge in [0.15, 0.2) is 0 Å². The van der Waals surface area contributed by atoms with Crippen molar-refractivity contribution in [1.82, 2.24) is 15.1 Å². The van der Waals surface area contributed by atoms with Crippen molar-refractivity contribution in [2.24, 2.45) is 0 Å². The van der Waals surface area contributed by atoms with Crippen LogP contribution in [-0.4, -0.2) is 86.3 Å². The quantitative estimate of drug-likeness (QED) is 0.624. The average Bonchev–Trinajstić information content (AvgIpc) is 3.23. The van der Waals surface area contributed by atoms with Crippen molar-refractivity contribution >= 4 is 35.0 Å². The molecular formula is C24H33N5O4. The fourth-order valence-corrected chi connectivity index (χ4v) is 4.95. The predicted molar refractivity (Wildman–Crippen MR) is 125 cm³/mol. The van der Waals surface area contributed by atoms with Crippen molar-refractivity contribution in [3.05, 3.63) is 23.8 Å². The van der Waals surface area contributed by atoms with Crippen LogP contribution in [0.3, 0.4) is 0 Å². The van der Waals surface area contributed by atoms with Gasteiger partial charge in [-0.05, 0) is 50.3 Å². The third-order valence-corrected chi connectivity index (χ3v) is 6.68. The Morgan fingerprint density at radius 3 is 2.64 bits per heavy atom. The van der Waals surface area contributed by atoms with Gasteiger partial charge in [0.2, 0.25) is 17.7 Å². The van der Waals surface area contributed by atoms with E-state index in [1.165, 1.54) is 9.80 Å². The molecule has 0 aliphatic carbocycles. The molecule has 3 heterocycles. The molecule has 0 spiro atoms. The van der Waals surface area contributed by atoms with Crippen LogP contribution in [0.15, 0.2) is 18.2 Å². The number of benzene rings is 1. The number of likely N-dealkylation sites (tertiary alicyclic amines) is 1. The molecular weight excluding hydrogens is 422 g/mol. The Hall–Kier alpha value is -3.10. The van der Waals surface area contributed by atoms with Crippen molar-refractivity contribution in [2.45, 2.75) is 44.6 Å². The van der Waals surface area contributed by atoms with Gasteiger partial charge < -0.3 is 20.0 Å². The van der Waals surface area contributed by atoms with Crippen LogP contribution >= 0.6 is 0 Å². The lowest BCUT2D eigenvalue weighted by atomic mass is 9.95. The third-order valence-electron chi connectivity index (χ3n) is 6.68. The number of rotatable bonds is 7. The fraction of sp³-hybridized carbons (Fsp3) is 0.583. The van der Waals surface area contributed by atoms with E-state index in [4.69, 9.17) is 0 Å². The molecule has 0 aromatic heterocycles. The number of hydrogen-bond donors (Lipinski definition) is 1. The van der Waals surface area contributed by atoms with E-state index in [0.717, 1.165) is 44.5 Å². The van der Waals surface area contributed by atoms with Gasteiger partial charge in [-0.25, -0.2) is 0 Å². The van der Waals surface area contributed by atoms with E-state index >= 15 is 0 Å². The van der Waals surface area contributed by atoms with Crippen molar-refractivity contribution < 1.29 is 19.2 Å². The highest BCUT2D eigenvalue weighted by atomic mass is 16.2. The van der Waals surface area contributed by atoms with Gasteiger partial charge >= 0.3 is 0 Å². The Kier molecular flexibility index (Phi) is 6.85. The van der Waals surface area contributed by atoms with Gasteiger partial charge in [-0.1, -0.05) is 0 Å². The van der Waals surface area contributed by atoms with Crippen LogP contribution in [0.25, 0.3) is 0 Å². The molecule has 178 valence electrons. The molecule has 9 nitrogen and oxygen atoms in total. The monoisotopic (exact) mass is 455 g/mol. The van der Waals surface area contributed by atoms with Crippen LogP contribution in [0.2, 0.25) is 0 Å². The molecule has 3 aliphatic heterocycles. The molecule has 2 saturated heterocycles. The zero-order valence-corrected chi connectivity index (χ0v) is 19.5. The summed E-state index contributed by atoms with van der Waals surface area (Å²) >= 11 is 0. The summed E-state index contributed by atoms with van der Waals surface area (Å²) in [4.78, 5) is 57.3. The number of fused-ring (bicyclic) bond motifs is 3. The molecule has 9 heteroatoms. The summed E-state index contributed by atoms with van der Waals surface area (Å²) in [5.74, 6) is -0.297. The van der Waals surface area contributed by atoms with Crippen LogP contribution in [0.1, 0.15) is 48.9 Å². The maximum absolute atomic E-state index is 13.4. The Balaban J connectivity index is 1.47. The highest BCUT2D eigenvalue weighted by Gasteiger charge is 2.40. The molecule has 33 heavy (non-hydrogen) atoms. The maximum Gasteiger partial charge on any atom is 0.253 e. The molecule has 0 unspecified atom stereocenters. The van der Waals surface area contributed by atoms with E-state index in [9.17, 15) is 19.2 Å². The fourth-order valence-electron chi connectivity index (χ4n) is 4.95. The van der Waals surface area contributed by atoms with Crippen LogP contribution in [0.4, 0.5) is 11.4 Å². The van der Waals surface area contributed by atoms with Crippen LogP contribution < -0.4 is 15.1 Å². The van der Waals surface area contributed by atoms with E-state index in [0.29, 0.717) is 37.2 Å². The zero-order valence-electron chi connectivity index (χ0n) is 19.5. The van der Waals surface area contributed by atoms with Crippen LogP contribution in [0.5, 0.6) is 0 Å². The summed E-state index contributed by atoms with van der Waals surface area (Å²) in [5.41, 5.74) is 2.00. The molecule has 1 aromatic rings. The van der Waals surface area contributed by atoms with Crippen molar-refractivity contribution in [3.8, 4) is 0 Å². The number of nitrogens with zero attached hydrogens (tertiary/aromatic N) is 4. The number of piperidine rings is 1. The first-order valence-corrected chi connectivity index (χ1v) is 11.8. The Bertz CT molecular complexity index is 947. The molecule has 1 N–H and O–H groups in total. The maximum atomic E-state index is 13.4. The topological polar surface area (TPSA) is 93.3 Å². The van der Waals surface area contributed by atoms with Crippen LogP contribution in [-0.2, 0) is 14.4 Å². The first kappa shape index (κ1) is 23.1. The Labute approximate surface area is 194 Å². The molecule has 3 aliphatic rings. The molecule has 1 atom stereocenters. The summed E-state index contributed by atoms with van der Waals surface area (Å²) in [6, 6.07) is 5.15. The van der Waals surface area contributed by atoms with Crippen LogP contribution in [0, 0.1) is 0 Å². The number of amides is 4. The zero-order chi connectivity index (χ0) is 23.5. The minimum atomic E-state index is -0.268. The van der Waals surface area contributed by atoms with Crippen molar-refractivity contribution in [2.75, 3.05) is 56.6 Å². The highest BCUT2D eigenvalue weighted by Crippen LogP contribution is 2.40. The molecule has 1 aromatic carbocycles. The van der Waals surface area contributed by atoms with E-state index < -0.39 is 0 Å². The first-order valence-electron chi connectivity index (χ1n) is 11.8. The summed E-state index contributed by atoms with van der Waals surface area (Å²) < 4.78 is 0. The molecule has 2 fully saturated rings. The lowest BCUT2D eigenvalue weighted by molar-refractivity contribution is -0.127. The number of anilines is 2. The normalized spacial score (nSPS) is 19.9. The minimum Gasteiger partial charge on any atom is -0.358 e. The molecule has 0 radical (unpaired) electrons. The van der Waals surface area contributed by atoms with E-state index in [1.807, 2.05) is 11.0 Å². The second kappa shape index (κ2) is 9.80. The summed E-state index contributed by atoms with van der Waals surface area (Å²) in [6.45, 7) is 2.58. The number of carbonyl (C=O) groups excluding carboxylic acids is 4. The molecule has 4 amide bonds. The molecule has 0 saturated carbocycles. The van der Waals surface area contributed by atoms with Gasteiger partial charge in [0, 0.05) is 52.3 Å². The second-order valence-corrected chi connectivity index (χ2v) is 9.22. The lowest BCUT2D eigenvalue weighted by Crippen LogP contribution is -2.57. The lowest BCUT2D eigenvalue weighted by Gasteiger charge is -2.45. The van der Waals surface area contributed by atoms with Gasteiger partial charge in [-0.2, -0.15) is 0 Å². The molecule has 0 bridgehead atoms. The largest absolute Gasteiger partial charge is 0.358 e. The number of hydrogen-bond acceptors (Lipinski definition) is 5. The number of nitrogens with one attached hydrogen (secondary N) is 1. The van der Waals surface area contributed by atoms with Gasteiger partial charge in [-0.15, -0.1) is 0 Å². The Morgan fingerprint density at radius 2 is 1.91 bits per heavy atom. The number of carbonyl (C=O) groups is 4. The first-order chi connectivity index (χ1) is 15.9. The molecule has 4 rings (SSSR count). The third kappa shape index (κ3) is 4.82. The smallest absolute Gasteiger partial charge is 0.253 e. The van der Waals surface area contributed by atoms with E-state index in [-0.39, 0.29) is 36.2 Å². The summed E-state index contributed by atoms with van der Waals surface area (Å²) in [7, 11) is 3.38. The van der Waals surface area contributed by atoms with Crippen molar-refractivity contribution in [1.29, 1.82) is 0 Å². The van der Waals surface area contributed by atoms with Gasteiger partial charge in [-0.3, -0.25) is 24.1 Å². The Morgan fingerprint density at radius 1 is 1.09 bits per heavy atom. The predicted octanol–water partition coefficient (Wildman–Crippen LogP) is 1.22. The van der Waals surface area contributed by atoms with Gasteiger partial charge in [0.25, 0.3) is 5.91 Å². The summed E-state index contributed by atoms with van der Waals surface area (Å²) in [5, 5.41) is 2.89. The average molecular weight is 456 g/mol. The van der Waals surface area contributed by atoms with Gasteiger partial charge in [0.1, 0.15) is 12.6 Å². The SMILES string of the molecule is CN(C)C(=O)c1ccc2c(c1)N(CC(=O)NCCCN1CCCC1=O)C(=O)[C@@H]1CCCCN21. The highest BCUT2D eigenvalue weighted by molar-refractivity contribution is 6.09.